The molecule has 15 heterocycles. The molecule has 15 heteroatoms. The van der Waals surface area contributed by atoms with Crippen LogP contribution < -0.4 is 29.9 Å². The van der Waals surface area contributed by atoms with Gasteiger partial charge in [-0.1, -0.05) is 294 Å². The molecule has 12 nitrogen and oxygen atoms in total. The minimum Gasteiger partial charge on any atom is -0.657 e. The molecular weight excluding hydrogens is 1830 g/mol. The molecule has 13 aromatic rings. The fourth-order valence-corrected chi connectivity index (χ4v) is 23.3. The molecule has 137 heavy (non-hydrogen) atoms. The summed E-state index contributed by atoms with van der Waals surface area (Å²) in [6.07, 6.45) is 9.09. The molecule has 0 saturated carbocycles. The van der Waals surface area contributed by atoms with Gasteiger partial charge in [0.05, 0.1) is 68.3 Å². The summed E-state index contributed by atoms with van der Waals surface area (Å²) in [6.45, 7) is 58.8. The average molecular weight is 1950 g/mol. The van der Waals surface area contributed by atoms with E-state index in [2.05, 4.69) is 313 Å². The van der Waals surface area contributed by atoms with Gasteiger partial charge in [-0.05, 0) is 308 Å². The number of fused-ring (bicyclic) bond motifs is 24. The largest absolute Gasteiger partial charge is 2.00 e. The summed E-state index contributed by atoms with van der Waals surface area (Å²) in [5.41, 5.74) is 64.1. The molecule has 0 spiro atoms. The summed E-state index contributed by atoms with van der Waals surface area (Å²) in [4.78, 5) is 71.7. The SMILES string of the molecule is CCC1=C(C)c2nc1cc1[n-]c(c(C)c1CC)c(-c1ccccc1-c1c3nc(cc4[n-]c(c(C)c4CC)c(-c4ccccc4-c4c5nc(cc6[n-]c(c(C)c6CC)c(-c6ccc(C)cc6)c6nc(cc7[n-]c4c(C)c7CC)C(CC)=C6C)C(CC)=C5C)c4nc(cc5[n-]c1c(C)c5CC)C(CC)=C4C)C(CC)=C3C)c1nc(cc3[n-]c(c(C)c3CC)c2-c2ccc(C)cc2)C(CC)=C1C.[Zn+2].[Zn+2].[Zn+2]. The number of aryl methyl sites for hydroxylation is 14. The summed E-state index contributed by atoms with van der Waals surface area (Å²) in [7, 11) is 0. The predicted molar refractivity (Wildman–Crippen MR) is 567 cm³/mol. The summed E-state index contributed by atoms with van der Waals surface area (Å²) in [5, 5.41) is 0. The van der Waals surface area contributed by atoms with Gasteiger partial charge in [-0.2, -0.15) is 0 Å². The van der Waals surface area contributed by atoms with Crippen LogP contribution in [0.4, 0.5) is 0 Å². The van der Waals surface area contributed by atoms with Gasteiger partial charge in [-0.25, -0.2) is 29.9 Å². The number of benzene rings is 4. The standard InChI is InChI=1S/C122H124N12.3Zn/c1-27-77-63(15)111-105(75-51-47-61(13)48-52-75)112-64(16)78(28-2)94(124-112)56-98-82(32-6)68(20)116(128-98)107(115-67(19)81(31-5)97(127-115)55-93(77)123-111)89-43-39-41-45-91(89)109-119-71(23)85(35-9)101(131-119)59-103-87(37-11)73(25)121(133-103)110(122-74(26)88(38-12)104(134-122)60-102-86(36-10)72(24)120(109)132-102)92-46-42-40-44-90(92)108-117-69(21)83(33-7)99(129-117)57-95-79(29-3)65(17)113(125-95)106(76-53-49-62(14)50-54-76)114-66(18)80(30-4)96(126-114)58-100-84(34-8)70(22)118(108)130-100;;;/h39-60H,27-38H2,1-26H3;;;/q-6;3*+2. The maximum absolute atomic E-state index is 6.13. The van der Waals surface area contributed by atoms with Crippen LogP contribution in [-0.2, 0) is 97.0 Å². The van der Waals surface area contributed by atoms with Crippen molar-refractivity contribution < 1.29 is 58.4 Å². The van der Waals surface area contributed by atoms with Crippen LogP contribution >= 0.6 is 0 Å². The van der Waals surface area contributed by atoms with Crippen molar-refractivity contribution in [3.8, 4) is 66.8 Å². The van der Waals surface area contributed by atoms with Crippen LogP contribution in [0.1, 0.15) is 309 Å². The van der Waals surface area contributed by atoms with E-state index in [4.69, 9.17) is 59.8 Å². The minimum atomic E-state index is 0. The Balaban J connectivity index is 0.00000453. The molecule has 0 fully saturated rings. The zero-order valence-corrected chi connectivity index (χ0v) is 94.6. The third kappa shape index (κ3) is 15.9. The maximum Gasteiger partial charge on any atom is 2.00 e. The van der Waals surface area contributed by atoms with Gasteiger partial charge in [-0.3, -0.25) is 0 Å². The molecule has 4 aromatic carbocycles. The summed E-state index contributed by atoms with van der Waals surface area (Å²) < 4.78 is 0. The molecule has 0 aliphatic carbocycles. The quantitative estimate of drug-likeness (QED) is 0.0749. The van der Waals surface area contributed by atoms with Crippen LogP contribution in [-0.4, -0.2) is 29.9 Å². The molecule has 9 aromatic heterocycles. The summed E-state index contributed by atoms with van der Waals surface area (Å²) in [5.74, 6) is 0. The molecule has 24 bridgehead atoms. The van der Waals surface area contributed by atoms with Crippen molar-refractivity contribution in [3.63, 3.8) is 0 Å². The Bertz CT molecular complexity index is 7540. The van der Waals surface area contributed by atoms with E-state index in [1.807, 2.05) is 0 Å². The molecule has 0 unspecified atom stereocenters. The van der Waals surface area contributed by atoms with Crippen molar-refractivity contribution in [1.82, 2.24) is 59.8 Å². The normalized spacial score (nSPS) is 13.3. The number of hydrogen-bond acceptors (Lipinski definition) is 6. The predicted octanol–water partition coefficient (Wildman–Crippen LogP) is 31.2. The van der Waals surface area contributed by atoms with E-state index in [1.165, 1.54) is 55.7 Å². The van der Waals surface area contributed by atoms with E-state index in [0.29, 0.717) is 0 Å². The monoisotopic (exact) mass is 1950 g/mol. The zero-order valence-electron chi connectivity index (χ0n) is 85.7. The van der Waals surface area contributed by atoms with Crippen molar-refractivity contribution in [2.75, 3.05) is 0 Å². The van der Waals surface area contributed by atoms with Crippen molar-refractivity contribution in [3.05, 3.63) is 280 Å². The van der Waals surface area contributed by atoms with Crippen LogP contribution in [0.3, 0.4) is 0 Å². The van der Waals surface area contributed by atoms with E-state index in [1.54, 1.807) is 0 Å². The van der Waals surface area contributed by atoms with Crippen LogP contribution in [0, 0.1) is 55.4 Å². The minimum absolute atomic E-state index is 0. The average Bonchev–Trinajstić information content (AvgIpc) is 1.59. The Morgan fingerprint density at radius 2 is 0.358 bits per heavy atom. The van der Waals surface area contributed by atoms with Gasteiger partial charge in [-0.15, -0.1) is 66.2 Å². The maximum atomic E-state index is 6.13. The molecule has 6 aliphatic heterocycles. The van der Waals surface area contributed by atoms with Crippen LogP contribution in [0.15, 0.2) is 133 Å². The Kier molecular flexibility index (Phi) is 28.1. The van der Waals surface area contributed by atoms with Crippen molar-refractivity contribution in [2.24, 2.45) is 0 Å². The van der Waals surface area contributed by atoms with Gasteiger partial charge in [0, 0.05) is 0 Å². The molecular formula is C122H124N12Zn3. The fourth-order valence-electron chi connectivity index (χ4n) is 23.3. The Morgan fingerprint density at radius 3 is 0.518 bits per heavy atom. The Hall–Kier alpha value is -11.4. The fraction of sp³-hybridized carbons (Fsp3) is 0.311. The number of aromatic nitrogens is 12. The van der Waals surface area contributed by atoms with Crippen molar-refractivity contribution in [2.45, 2.75) is 257 Å². The first-order valence-electron chi connectivity index (χ1n) is 49.4. The Morgan fingerprint density at radius 1 is 0.197 bits per heavy atom. The topological polar surface area (TPSA) is 162 Å². The first-order chi connectivity index (χ1) is 64.7. The first kappa shape index (κ1) is 98.6. The first-order valence-corrected chi connectivity index (χ1v) is 49.4. The van der Waals surface area contributed by atoms with E-state index >= 15 is 0 Å². The van der Waals surface area contributed by atoms with Crippen molar-refractivity contribution >= 4 is 133 Å². The van der Waals surface area contributed by atoms with E-state index in [-0.39, 0.29) is 58.4 Å². The number of hydrogen-bond donors (Lipinski definition) is 0. The van der Waals surface area contributed by atoms with Crippen LogP contribution in [0.5, 0.6) is 0 Å². The molecule has 0 saturated heterocycles. The third-order valence-electron chi connectivity index (χ3n) is 30.5. The number of allylic oxidation sites excluding steroid dienone is 12. The Labute approximate surface area is 847 Å². The van der Waals surface area contributed by atoms with E-state index in [0.717, 1.165) is 367 Å². The van der Waals surface area contributed by atoms with Crippen LogP contribution in [0.25, 0.3) is 200 Å². The second kappa shape index (κ2) is 39.1. The summed E-state index contributed by atoms with van der Waals surface area (Å²) >= 11 is 0. The molecule has 0 atom stereocenters. The second-order valence-corrected chi connectivity index (χ2v) is 37.6. The molecule has 6 aliphatic rings. The number of rotatable bonds is 18. The summed E-state index contributed by atoms with van der Waals surface area (Å²) in [6, 6.07) is 49.6. The molecule has 0 amide bonds. The van der Waals surface area contributed by atoms with E-state index < -0.39 is 0 Å². The van der Waals surface area contributed by atoms with Gasteiger partial charge in [0.25, 0.3) is 0 Å². The van der Waals surface area contributed by atoms with Crippen molar-refractivity contribution in [1.29, 1.82) is 0 Å². The second-order valence-electron chi connectivity index (χ2n) is 37.6. The van der Waals surface area contributed by atoms with Gasteiger partial charge < -0.3 is 29.9 Å². The van der Waals surface area contributed by atoms with Gasteiger partial charge in [0.1, 0.15) is 0 Å². The van der Waals surface area contributed by atoms with Gasteiger partial charge in [0.2, 0.25) is 0 Å². The molecule has 0 N–H and O–H groups in total. The van der Waals surface area contributed by atoms with Gasteiger partial charge in [0.15, 0.2) is 0 Å². The molecule has 19 rings (SSSR count). The van der Waals surface area contributed by atoms with E-state index in [9.17, 15) is 0 Å². The van der Waals surface area contributed by atoms with Crippen LogP contribution in [0.2, 0.25) is 0 Å². The zero-order chi connectivity index (χ0) is 94.3. The van der Waals surface area contributed by atoms with Gasteiger partial charge >= 0.3 is 58.4 Å². The molecule has 678 valence electrons. The number of nitrogens with zero attached hydrogens (tertiary/aromatic N) is 12. The smallest absolute Gasteiger partial charge is 0.657 e. The third-order valence-corrected chi connectivity index (χ3v) is 30.5. The molecule has 0 radical (unpaired) electrons.